The Hall–Kier alpha value is -2.49. The number of benzene rings is 3. The number of carbonyl (C=O) groups is 1. The molecule has 5 heteroatoms. The van der Waals surface area contributed by atoms with Gasteiger partial charge in [0, 0.05) is 5.02 Å². The highest BCUT2D eigenvalue weighted by atomic mass is 35.5. The van der Waals surface area contributed by atoms with Gasteiger partial charge >= 0.3 is 5.97 Å². The molecule has 0 amide bonds. The van der Waals surface area contributed by atoms with Crippen LogP contribution >= 0.6 is 23.2 Å². The highest BCUT2D eigenvalue weighted by Crippen LogP contribution is 2.27. The fourth-order valence-corrected chi connectivity index (χ4v) is 2.81. The first kappa shape index (κ1) is 18.3. The largest absolute Gasteiger partial charge is 0.480 e. The van der Waals surface area contributed by atoms with Gasteiger partial charge < -0.3 is 9.47 Å². The normalized spacial score (nSPS) is 10.4. The topological polar surface area (TPSA) is 35.5 Å². The summed E-state index contributed by atoms with van der Waals surface area (Å²) in [7, 11) is 0. The van der Waals surface area contributed by atoms with Gasteiger partial charge in [0.2, 0.25) is 0 Å². The predicted octanol–water partition coefficient (Wildman–Crippen LogP) is 5.95. The van der Waals surface area contributed by atoms with Gasteiger partial charge in [0.25, 0.3) is 0 Å². The van der Waals surface area contributed by atoms with E-state index < -0.39 is 5.97 Å². The monoisotopic (exact) mass is 386 g/mol. The van der Waals surface area contributed by atoms with Gasteiger partial charge in [-0.25, -0.2) is 4.79 Å². The molecule has 0 heterocycles. The SMILES string of the molecule is Cc1ccc(-c2ccc(OC(=O)COc3ccc(Cl)cc3Cl)cc2)cc1. The minimum atomic E-state index is -0.515. The lowest BCUT2D eigenvalue weighted by Gasteiger charge is -2.09. The zero-order chi connectivity index (χ0) is 18.5. The van der Waals surface area contributed by atoms with Gasteiger partial charge in [0.05, 0.1) is 5.02 Å². The predicted molar refractivity (Wildman–Crippen MR) is 104 cm³/mol. The summed E-state index contributed by atoms with van der Waals surface area (Å²) in [5.74, 6) is 0.318. The molecule has 3 rings (SSSR count). The maximum atomic E-state index is 11.9. The molecule has 0 bridgehead atoms. The van der Waals surface area contributed by atoms with Gasteiger partial charge in [-0.05, 0) is 48.4 Å². The molecule has 26 heavy (non-hydrogen) atoms. The van der Waals surface area contributed by atoms with Crippen molar-refractivity contribution in [3.63, 3.8) is 0 Å². The van der Waals surface area contributed by atoms with Crippen LogP contribution in [0.25, 0.3) is 11.1 Å². The lowest BCUT2D eigenvalue weighted by Crippen LogP contribution is -2.17. The van der Waals surface area contributed by atoms with Crippen LogP contribution in [0.1, 0.15) is 5.56 Å². The maximum absolute atomic E-state index is 11.9. The van der Waals surface area contributed by atoms with Crippen molar-refractivity contribution in [3.05, 3.63) is 82.3 Å². The Morgan fingerprint density at radius 1 is 0.885 bits per heavy atom. The number of esters is 1. The van der Waals surface area contributed by atoms with Crippen molar-refractivity contribution in [2.75, 3.05) is 6.61 Å². The lowest BCUT2D eigenvalue weighted by molar-refractivity contribution is -0.136. The molecule has 0 spiro atoms. The van der Waals surface area contributed by atoms with Crippen molar-refractivity contribution in [1.82, 2.24) is 0 Å². The van der Waals surface area contributed by atoms with E-state index in [0.29, 0.717) is 21.5 Å². The van der Waals surface area contributed by atoms with Gasteiger partial charge in [-0.2, -0.15) is 0 Å². The third-order valence-electron chi connectivity index (χ3n) is 3.71. The summed E-state index contributed by atoms with van der Waals surface area (Å²) in [6.45, 7) is 1.80. The first-order valence-corrected chi connectivity index (χ1v) is 8.72. The third-order valence-corrected chi connectivity index (χ3v) is 4.24. The summed E-state index contributed by atoms with van der Waals surface area (Å²) in [4.78, 5) is 11.9. The molecule has 0 unspecified atom stereocenters. The molecule has 0 saturated carbocycles. The van der Waals surface area contributed by atoms with Crippen LogP contribution < -0.4 is 9.47 Å². The van der Waals surface area contributed by atoms with Crippen molar-refractivity contribution in [1.29, 1.82) is 0 Å². The molecule has 3 aromatic carbocycles. The Balaban J connectivity index is 1.58. The average Bonchev–Trinajstić information content (AvgIpc) is 2.62. The number of carbonyl (C=O) groups excluding carboxylic acids is 1. The Morgan fingerprint density at radius 3 is 2.12 bits per heavy atom. The van der Waals surface area contributed by atoms with Crippen molar-refractivity contribution in [2.45, 2.75) is 6.92 Å². The molecule has 3 aromatic rings. The van der Waals surface area contributed by atoms with Crippen LogP contribution in [0.4, 0.5) is 0 Å². The van der Waals surface area contributed by atoms with E-state index >= 15 is 0 Å². The van der Waals surface area contributed by atoms with Crippen molar-refractivity contribution in [2.24, 2.45) is 0 Å². The number of halogens is 2. The Morgan fingerprint density at radius 2 is 1.50 bits per heavy atom. The zero-order valence-corrected chi connectivity index (χ0v) is 15.6. The average molecular weight is 387 g/mol. The smallest absolute Gasteiger partial charge is 0.349 e. The first-order valence-electron chi connectivity index (χ1n) is 7.97. The number of rotatable bonds is 5. The van der Waals surface area contributed by atoms with Crippen LogP contribution in [-0.2, 0) is 4.79 Å². The standard InChI is InChI=1S/C21H16Cl2O3/c1-14-2-4-15(5-3-14)16-6-9-18(10-7-16)26-21(24)13-25-20-11-8-17(22)12-19(20)23/h2-12H,13H2,1H3. The van der Waals surface area contributed by atoms with Gasteiger partial charge in [0.1, 0.15) is 11.5 Å². The van der Waals surface area contributed by atoms with Crippen molar-refractivity contribution >= 4 is 29.2 Å². The number of hydrogen-bond donors (Lipinski definition) is 0. The highest BCUT2D eigenvalue weighted by Gasteiger charge is 2.09. The van der Waals surface area contributed by atoms with Crippen LogP contribution in [0.2, 0.25) is 10.0 Å². The maximum Gasteiger partial charge on any atom is 0.349 e. The highest BCUT2D eigenvalue weighted by molar-refractivity contribution is 6.35. The van der Waals surface area contributed by atoms with Gasteiger partial charge in [0.15, 0.2) is 6.61 Å². The fourth-order valence-electron chi connectivity index (χ4n) is 2.35. The van der Waals surface area contributed by atoms with Crippen LogP contribution in [0.15, 0.2) is 66.7 Å². The molecule has 0 saturated heterocycles. The van der Waals surface area contributed by atoms with Crippen LogP contribution in [0.3, 0.4) is 0 Å². The molecular weight excluding hydrogens is 371 g/mol. The number of aryl methyl sites for hydroxylation is 1. The summed E-state index contributed by atoms with van der Waals surface area (Å²) in [5.41, 5.74) is 3.36. The first-order chi connectivity index (χ1) is 12.5. The molecule has 3 nitrogen and oxygen atoms in total. The van der Waals surface area contributed by atoms with E-state index in [2.05, 4.69) is 24.3 Å². The zero-order valence-electron chi connectivity index (χ0n) is 14.0. The minimum absolute atomic E-state index is 0.249. The Bertz CT molecular complexity index is 904. The lowest BCUT2D eigenvalue weighted by atomic mass is 10.0. The van der Waals surface area contributed by atoms with Gasteiger partial charge in [-0.15, -0.1) is 0 Å². The molecular formula is C21H16Cl2O3. The van der Waals surface area contributed by atoms with E-state index in [-0.39, 0.29) is 6.61 Å². The van der Waals surface area contributed by atoms with E-state index in [1.165, 1.54) is 5.56 Å². The van der Waals surface area contributed by atoms with Crippen molar-refractivity contribution in [3.8, 4) is 22.6 Å². The van der Waals surface area contributed by atoms with Crippen LogP contribution in [-0.4, -0.2) is 12.6 Å². The second-order valence-electron chi connectivity index (χ2n) is 5.73. The summed E-state index contributed by atoms with van der Waals surface area (Å²) >= 11 is 11.8. The molecule has 0 aliphatic heterocycles. The van der Waals surface area contributed by atoms with Gasteiger partial charge in [-0.1, -0.05) is 65.2 Å². The summed E-state index contributed by atoms with van der Waals surface area (Å²) in [6.07, 6.45) is 0. The molecule has 0 aliphatic carbocycles. The third kappa shape index (κ3) is 4.78. The van der Waals surface area contributed by atoms with E-state index in [4.69, 9.17) is 32.7 Å². The Kier molecular flexibility index (Phi) is 5.82. The van der Waals surface area contributed by atoms with Crippen LogP contribution in [0, 0.1) is 6.92 Å². The summed E-state index contributed by atoms with van der Waals surface area (Å²) in [5, 5.41) is 0.839. The summed E-state index contributed by atoms with van der Waals surface area (Å²) < 4.78 is 10.6. The second-order valence-corrected chi connectivity index (χ2v) is 6.57. The molecule has 0 fully saturated rings. The second kappa shape index (κ2) is 8.26. The number of ether oxygens (including phenoxy) is 2. The molecule has 0 aliphatic rings. The van der Waals surface area contributed by atoms with Crippen molar-refractivity contribution < 1.29 is 14.3 Å². The van der Waals surface area contributed by atoms with E-state index in [1.54, 1.807) is 30.3 Å². The summed E-state index contributed by atoms with van der Waals surface area (Å²) in [6, 6.07) is 20.3. The quantitative estimate of drug-likeness (QED) is 0.401. The van der Waals surface area contributed by atoms with E-state index in [0.717, 1.165) is 11.1 Å². The fraction of sp³-hybridized carbons (Fsp3) is 0.0952. The van der Waals surface area contributed by atoms with Crippen LogP contribution in [0.5, 0.6) is 11.5 Å². The Labute approximate surface area is 162 Å². The molecule has 0 N–H and O–H groups in total. The van der Waals surface area contributed by atoms with Gasteiger partial charge in [-0.3, -0.25) is 0 Å². The molecule has 0 atom stereocenters. The van der Waals surface area contributed by atoms with E-state index in [1.807, 2.05) is 19.1 Å². The molecule has 132 valence electrons. The number of hydrogen-bond acceptors (Lipinski definition) is 3. The molecule has 0 radical (unpaired) electrons. The molecule has 0 aromatic heterocycles. The van der Waals surface area contributed by atoms with E-state index in [9.17, 15) is 4.79 Å². The minimum Gasteiger partial charge on any atom is -0.480 e.